The molecule has 0 spiro atoms. The Morgan fingerprint density at radius 3 is 2.42 bits per heavy atom. The maximum absolute atomic E-state index is 12.2. The highest BCUT2D eigenvalue weighted by Gasteiger charge is 2.13. The van der Waals surface area contributed by atoms with Crippen LogP contribution in [0.5, 0.6) is 5.75 Å². The van der Waals surface area contributed by atoms with E-state index in [9.17, 15) is 9.90 Å². The van der Waals surface area contributed by atoms with Gasteiger partial charge in [-0.15, -0.1) is 0 Å². The molecule has 0 radical (unpaired) electrons. The minimum absolute atomic E-state index is 0.0852. The number of nitrogens with two attached hydrogens (primary N) is 1. The molecule has 0 aliphatic carbocycles. The Morgan fingerprint density at radius 1 is 1.16 bits per heavy atom. The van der Waals surface area contributed by atoms with Crippen LogP contribution in [0.4, 0.5) is 11.4 Å². The summed E-state index contributed by atoms with van der Waals surface area (Å²) in [6.45, 7) is 3.84. The number of anilines is 2. The molecule has 0 heterocycles. The number of nitrogens with one attached hydrogen (secondary N) is 1. The largest absolute Gasteiger partial charge is 0.507 e. The number of rotatable bonds is 2. The van der Waals surface area contributed by atoms with Gasteiger partial charge in [0, 0.05) is 11.4 Å². The lowest BCUT2D eigenvalue weighted by atomic mass is 10.1. The van der Waals surface area contributed by atoms with Gasteiger partial charge >= 0.3 is 0 Å². The number of benzene rings is 2. The smallest absolute Gasteiger partial charge is 0.259 e. The van der Waals surface area contributed by atoms with Crippen LogP contribution in [0.2, 0.25) is 0 Å². The summed E-state index contributed by atoms with van der Waals surface area (Å²) in [5.74, 6) is -0.458. The molecular formula is C15H16N2O2. The number of hydrogen-bond donors (Lipinski definition) is 3. The van der Waals surface area contributed by atoms with Crippen molar-refractivity contribution in [1.29, 1.82) is 0 Å². The van der Waals surface area contributed by atoms with Crippen molar-refractivity contribution in [1.82, 2.24) is 0 Å². The second kappa shape index (κ2) is 5.02. The van der Waals surface area contributed by atoms with E-state index in [4.69, 9.17) is 5.73 Å². The quantitative estimate of drug-likeness (QED) is 0.571. The number of phenols is 1. The number of nitrogen functional groups attached to an aromatic ring is 1. The van der Waals surface area contributed by atoms with Crippen molar-refractivity contribution in [3.8, 4) is 5.75 Å². The minimum Gasteiger partial charge on any atom is -0.507 e. The Labute approximate surface area is 111 Å². The highest BCUT2D eigenvalue weighted by Crippen LogP contribution is 2.24. The fourth-order valence-corrected chi connectivity index (χ4v) is 1.93. The first-order valence-corrected chi connectivity index (χ1v) is 5.95. The Kier molecular flexibility index (Phi) is 3.42. The molecule has 2 rings (SSSR count). The zero-order chi connectivity index (χ0) is 14.0. The molecule has 0 saturated carbocycles. The van der Waals surface area contributed by atoms with Crippen LogP contribution >= 0.6 is 0 Å². The van der Waals surface area contributed by atoms with Crippen molar-refractivity contribution in [3.05, 3.63) is 53.1 Å². The molecule has 0 aromatic heterocycles. The zero-order valence-electron chi connectivity index (χ0n) is 10.9. The fraction of sp³-hybridized carbons (Fsp3) is 0.133. The molecule has 4 heteroatoms. The predicted octanol–water partition coefficient (Wildman–Crippen LogP) is 2.84. The Hall–Kier alpha value is -2.49. The number of phenolic OH excluding ortho intramolecular Hbond substituents is 1. The van der Waals surface area contributed by atoms with E-state index < -0.39 is 0 Å². The van der Waals surface area contributed by atoms with Gasteiger partial charge < -0.3 is 16.2 Å². The fourth-order valence-electron chi connectivity index (χ4n) is 1.93. The number of para-hydroxylation sites is 1. The van der Waals surface area contributed by atoms with Gasteiger partial charge in [-0.3, -0.25) is 4.79 Å². The number of carbonyl (C=O) groups is 1. The number of aryl methyl sites for hydroxylation is 2. The van der Waals surface area contributed by atoms with Gasteiger partial charge in [0.1, 0.15) is 5.75 Å². The topological polar surface area (TPSA) is 75.4 Å². The van der Waals surface area contributed by atoms with Crippen molar-refractivity contribution < 1.29 is 9.90 Å². The van der Waals surface area contributed by atoms with Gasteiger partial charge in [-0.25, -0.2) is 0 Å². The summed E-state index contributed by atoms with van der Waals surface area (Å²) in [4.78, 5) is 12.2. The maximum atomic E-state index is 12.2. The molecule has 0 fully saturated rings. The lowest BCUT2D eigenvalue weighted by Gasteiger charge is -2.12. The van der Waals surface area contributed by atoms with E-state index >= 15 is 0 Å². The van der Waals surface area contributed by atoms with E-state index in [2.05, 4.69) is 5.32 Å². The van der Waals surface area contributed by atoms with Gasteiger partial charge in [0.05, 0.1) is 5.56 Å². The standard InChI is InChI=1S/C15H16N2O2/c1-9-4-3-5-10(2)14(9)17-15(19)12-8-11(16)6-7-13(12)18/h3-8,18H,16H2,1-2H3,(H,17,19). The Bertz CT molecular complexity index is 616. The first-order valence-electron chi connectivity index (χ1n) is 5.95. The van der Waals surface area contributed by atoms with Crippen molar-refractivity contribution in [2.75, 3.05) is 11.1 Å². The number of aromatic hydroxyl groups is 1. The molecular weight excluding hydrogens is 240 g/mol. The number of hydrogen-bond acceptors (Lipinski definition) is 3. The summed E-state index contributed by atoms with van der Waals surface area (Å²) >= 11 is 0. The Balaban J connectivity index is 2.34. The van der Waals surface area contributed by atoms with E-state index in [0.29, 0.717) is 5.69 Å². The van der Waals surface area contributed by atoms with E-state index in [1.807, 2.05) is 32.0 Å². The van der Waals surface area contributed by atoms with Crippen molar-refractivity contribution in [2.24, 2.45) is 0 Å². The van der Waals surface area contributed by atoms with E-state index in [0.717, 1.165) is 16.8 Å². The minimum atomic E-state index is -0.373. The summed E-state index contributed by atoms with van der Waals surface area (Å²) in [7, 11) is 0. The molecule has 0 unspecified atom stereocenters. The third kappa shape index (κ3) is 2.68. The highest BCUT2D eigenvalue weighted by atomic mass is 16.3. The number of carbonyl (C=O) groups excluding carboxylic acids is 1. The maximum Gasteiger partial charge on any atom is 0.259 e. The summed E-state index contributed by atoms with van der Waals surface area (Å²) in [5.41, 5.74) is 8.93. The van der Waals surface area contributed by atoms with E-state index in [1.165, 1.54) is 12.1 Å². The molecule has 19 heavy (non-hydrogen) atoms. The molecule has 1 amide bonds. The first kappa shape index (κ1) is 13.0. The van der Waals surface area contributed by atoms with Gasteiger partial charge in [0.15, 0.2) is 0 Å². The monoisotopic (exact) mass is 256 g/mol. The molecule has 4 N–H and O–H groups in total. The molecule has 0 aliphatic heterocycles. The molecule has 4 nitrogen and oxygen atoms in total. The van der Waals surface area contributed by atoms with Gasteiger partial charge in [-0.2, -0.15) is 0 Å². The third-order valence-electron chi connectivity index (χ3n) is 2.98. The van der Waals surface area contributed by atoms with Crippen molar-refractivity contribution >= 4 is 17.3 Å². The lowest BCUT2D eigenvalue weighted by Crippen LogP contribution is -2.14. The molecule has 2 aromatic carbocycles. The third-order valence-corrected chi connectivity index (χ3v) is 2.98. The van der Waals surface area contributed by atoms with Crippen molar-refractivity contribution in [3.63, 3.8) is 0 Å². The average Bonchev–Trinajstić information content (AvgIpc) is 2.37. The van der Waals surface area contributed by atoms with Crippen LogP contribution in [0, 0.1) is 13.8 Å². The summed E-state index contributed by atoms with van der Waals surface area (Å²) in [6, 6.07) is 10.2. The van der Waals surface area contributed by atoms with Crippen LogP contribution in [0.3, 0.4) is 0 Å². The SMILES string of the molecule is Cc1cccc(C)c1NC(=O)c1cc(N)ccc1O. The number of amides is 1. The average molecular weight is 256 g/mol. The van der Waals surface area contributed by atoms with Gasteiger partial charge in [0.25, 0.3) is 5.91 Å². The highest BCUT2D eigenvalue weighted by molar-refractivity contribution is 6.07. The summed E-state index contributed by atoms with van der Waals surface area (Å²) in [5, 5.41) is 12.5. The van der Waals surface area contributed by atoms with Crippen LogP contribution in [0.25, 0.3) is 0 Å². The summed E-state index contributed by atoms with van der Waals surface area (Å²) < 4.78 is 0. The van der Waals surface area contributed by atoms with Gasteiger partial charge in [-0.1, -0.05) is 18.2 Å². The van der Waals surface area contributed by atoms with Crippen molar-refractivity contribution in [2.45, 2.75) is 13.8 Å². The molecule has 98 valence electrons. The second-order valence-electron chi connectivity index (χ2n) is 4.50. The van der Waals surface area contributed by atoms with Crippen LogP contribution in [0.15, 0.2) is 36.4 Å². The Morgan fingerprint density at radius 2 is 1.79 bits per heavy atom. The van der Waals surface area contributed by atoms with Gasteiger partial charge in [0.2, 0.25) is 0 Å². The predicted molar refractivity (Wildman–Crippen MR) is 76.4 cm³/mol. The second-order valence-corrected chi connectivity index (χ2v) is 4.50. The summed E-state index contributed by atoms with van der Waals surface area (Å²) in [6.07, 6.45) is 0. The van der Waals surface area contributed by atoms with Crippen LogP contribution in [-0.4, -0.2) is 11.0 Å². The lowest BCUT2D eigenvalue weighted by molar-refractivity contribution is 0.102. The molecule has 0 aliphatic rings. The van der Waals surface area contributed by atoms with Crippen LogP contribution in [0.1, 0.15) is 21.5 Å². The first-order chi connectivity index (χ1) is 8.99. The molecule has 0 saturated heterocycles. The molecule has 0 bridgehead atoms. The van der Waals surface area contributed by atoms with Crippen LogP contribution in [-0.2, 0) is 0 Å². The van der Waals surface area contributed by atoms with E-state index in [-0.39, 0.29) is 17.2 Å². The van der Waals surface area contributed by atoms with E-state index in [1.54, 1.807) is 6.07 Å². The normalized spacial score (nSPS) is 10.2. The zero-order valence-corrected chi connectivity index (χ0v) is 10.9. The molecule has 0 atom stereocenters. The molecule has 2 aromatic rings. The van der Waals surface area contributed by atoms with Gasteiger partial charge in [-0.05, 0) is 43.2 Å². The van der Waals surface area contributed by atoms with Crippen LogP contribution < -0.4 is 11.1 Å².